The second-order valence-corrected chi connectivity index (χ2v) is 7.85. The van der Waals surface area contributed by atoms with Crippen molar-refractivity contribution in [2.45, 2.75) is 63.2 Å². The highest BCUT2D eigenvalue weighted by Gasteiger charge is 2.42. The van der Waals surface area contributed by atoms with Gasteiger partial charge in [-0.1, -0.05) is 49.6 Å². The van der Waals surface area contributed by atoms with Crippen molar-refractivity contribution in [2.24, 2.45) is 0 Å². The summed E-state index contributed by atoms with van der Waals surface area (Å²) in [5.74, 6) is 0. The molecule has 1 saturated heterocycles. The lowest BCUT2D eigenvalue weighted by Crippen LogP contribution is -2.53. The Kier molecular flexibility index (Phi) is 6.05. The zero-order valence-electron chi connectivity index (χ0n) is 14.3. The Morgan fingerprint density at radius 1 is 0.818 bits per heavy atom. The zero-order valence-corrected chi connectivity index (χ0v) is 14.3. The number of benzene rings is 1. The third-order valence-corrected chi connectivity index (χ3v) is 6.03. The molecule has 2 fully saturated rings. The molecule has 3 rings (SSSR count). The molecule has 1 N–H and O–H groups in total. The number of likely N-dealkylation sites (tertiary alicyclic amines) is 1. The van der Waals surface area contributed by atoms with Gasteiger partial charge in [-0.2, -0.15) is 0 Å². The molecule has 0 unspecified atom stereocenters. The van der Waals surface area contributed by atoms with Gasteiger partial charge in [0.1, 0.15) is 0 Å². The van der Waals surface area contributed by atoms with E-state index in [4.69, 9.17) is 0 Å². The Balaban J connectivity index is 0.00000176. The van der Waals surface area contributed by atoms with Crippen LogP contribution in [-0.2, 0) is 5.41 Å². The van der Waals surface area contributed by atoms with Crippen molar-refractivity contribution in [1.82, 2.24) is 0 Å². The molecule has 2 aliphatic rings. The van der Waals surface area contributed by atoms with Crippen molar-refractivity contribution in [3.05, 3.63) is 35.9 Å². The molecule has 1 aliphatic heterocycles. The summed E-state index contributed by atoms with van der Waals surface area (Å²) in [5.41, 5.74) is 2.08. The van der Waals surface area contributed by atoms with E-state index >= 15 is 0 Å². The van der Waals surface area contributed by atoms with Crippen LogP contribution in [-0.4, -0.2) is 36.6 Å². The van der Waals surface area contributed by atoms with E-state index in [1.165, 1.54) is 81.9 Å². The Morgan fingerprint density at radius 3 is 1.95 bits per heavy atom. The highest BCUT2D eigenvalue weighted by Crippen LogP contribution is 2.43. The fourth-order valence-corrected chi connectivity index (χ4v) is 4.90. The summed E-state index contributed by atoms with van der Waals surface area (Å²) in [6.07, 6.45) is 12.9. The smallest absolute Gasteiger partial charge is 0.0882 e. The molecule has 1 saturated carbocycles. The molecule has 1 aromatic carbocycles. The van der Waals surface area contributed by atoms with Gasteiger partial charge in [0.25, 0.3) is 0 Å². The lowest BCUT2D eigenvalue weighted by atomic mass is 9.77. The van der Waals surface area contributed by atoms with Crippen molar-refractivity contribution in [3.63, 3.8) is 0 Å². The van der Waals surface area contributed by atoms with Crippen molar-refractivity contribution in [2.75, 3.05) is 26.7 Å². The molecule has 0 spiro atoms. The van der Waals surface area contributed by atoms with Crippen LogP contribution in [0, 0.1) is 0 Å². The summed E-state index contributed by atoms with van der Waals surface area (Å²) in [6.45, 7) is 4.17. The Morgan fingerprint density at radius 2 is 1.36 bits per heavy atom. The van der Waals surface area contributed by atoms with Gasteiger partial charge in [-0.3, -0.25) is 0 Å². The largest absolute Gasteiger partial charge is 0.870 e. The van der Waals surface area contributed by atoms with E-state index in [2.05, 4.69) is 37.4 Å². The molecule has 124 valence electrons. The first-order valence-corrected chi connectivity index (χ1v) is 9.12. The summed E-state index contributed by atoms with van der Waals surface area (Å²) >= 11 is 0. The minimum atomic E-state index is 0. The first kappa shape index (κ1) is 17.5. The van der Waals surface area contributed by atoms with Gasteiger partial charge in [0.2, 0.25) is 0 Å². The van der Waals surface area contributed by atoms with E-state index in [1.807, 2.05) is 0 Å². The predicted molar refractivity (Wildman–Crippen MR) is 92.4 cm³/mol. The quantitative estimate of drug-likeness (QED) is 0.742. The maximum absolute atomic E-state index is 2.54. The van der Waals surface area contributed by atoms with E-state index in [0.29, 0.717) is 5.41 Å². The van der Waals surface area contributed by atoms with Gasteiger partial charge in [0, 0.05) is 5.41 Å². The van der Waals surface area contributed by atoms with Crippen LogP contribution in [0.25, 0.3) is 0 Å². The summed E-state index contributed by atoms with van der Waals surface area (Å²) in [5, 5.41) is 0. The average Bonchev–Trinajstić information content (AvgIpc) is 2.94. The highest BCUT2D eigenvalue weighted by molar-refractivity contribution is 5.26. The van der Waals surface area contributed by atoms with E-state index in [1.54, 1.807) is 5.56 Å². The molecular formula is C20H33NO. The number of likely N-dealkylation sites (N-methyl/N-ethyl adjacent to an activating group) is 1. The summed E-state index contributed by atoms with van der Waals surface area (Å²) < 4.78 is 1.31. The minimum absolute atomic E-state index is 0. The minimum Gasteiger partial charge on any atom is -0.870 e. The third-order valence-electron chi connectivity index (χ3n) is 6.03. The lowest BCUT2D eigenvalue weighted by Gasteiger charge is -2.43. The zero-order chi connectivity index (χ0) is 14.6. The molecule has 1 aliphatic carbocycles. The molecule has 1 aromatic rings. The molecule has 0 aromatic heterocycles. The SMILES string of the molecule is C[N+]1(CC2(c3ccccc3)CCCC2)CCCCCCC1.[OH-]. The molecule has 22 heavy (non-hydrogen) atoms. The number of hydrogen-bond acceptors (Lipinski definition) is 1. The number of nitrogens with zero attached hydrogens (tertiary/aromatic N) is 1. The van der Waals surface area contributed by atoms with Gasteiger partial charge in [-0.25, -0.2) is 0 Å². The van der Waals surface area contributed by atoms with Gasteiger partial charge >= 0.3 is 0 Å². The Bertz CT molecular complexity index is 428. The Labute approximate surface area is 136 Å². The van der Waals surface area contributed by atoms with Crippen LogP contribution in [0.2, 0.25) is 0 Å². The van der Waals surface area contributed by atoms with Gasteiger partial charge in [-0.15, -0.1) is 0 Å². The van der Waals surface area contributed by atoms with E-state index in [-0.39, 0.29) is 5.48 Å². The van der Waals surface area contributed by atoms with Crippen LogP contribution < -0.4 is 0 Å². The first-order chi connectivity index (χ1) is 10.2. The Hall–Kier alpha value is -0.860. The summed E-state index contributed by atoms with van der Waals surface area (Å²) in [4.78, 5) is 0. The maximum Gasteiger partial charge on any atom is 0.0882 e. The second kappa shape index (κ2) is 7.61. The second-order valence-electron chi connectivity index (χ2n) is 7.85. The van der Waals surface area contributed by atoms with Gasteiger partial charge in [-0.05, 0) is 44.1 Å². The molecular weight excluding hydrogens is 270 g/mol. The van der Waals surface area contributed by atoms with Crippen LogP contribution in [0.5, 0.6) is 0 Å². The topological polar surface area (TPSA) is 30.0 Å². The van der Waals surface area contributed by atoms with Crippen LogP contribution in [0.1, 0.15) is 63.4 Å². The average molecular weight is 303 g/mol. The molecule has 0 bridgehead atoms. The number of rotatable bonds is 3. The lowest BCUT2D eigenvalue weighted by molar-refractivity contribution is -0.914. The number of quaternary nitrogens is 1. The van der Waals surface area contributed by atoms with Crippen LogP contribution in [0.4, 0.5) is 0 Å². The van der Waals surface area contributed by atoms with E-state index < -0.39 is 0 Å². The van der Waals surface area contributed by atoms with Gasteiger partial charge in [0.05, 0.1) is 26.7 Å². The van der Waals surface area contributed by atoms with Crippen LogP contribution in [0.3, 0.4) is 0 Å². The first-order valence-electron chi connectivity index (χ1n) is 9.12. The molecule has 2 nitrogen and oxygen atoms in total. The normalized spacial score (nSPS) is 24.0. The fourth-order valence-electron chi connectivity index (χ4n) is 4.90. The predicted octanol–water partition coefficient (Wildman–Crippen LogP) is 4.73. The van der Waals surface area contributed by atoms with Gasteiger partial charge < -0.3 is 9.96 Å². The molecule has 0 atom stereocenters. The number of hydrogen-bond donors (Lipinski definition) is 0. The summed E-state index contributed by atoms with van der Waals surface area (Å²) in [6, 6.07) is 11.4. The van der Waals surface area contributed by atoms with Crippen LogP contribution in [0.15, 0.2) is 30.3 Å². The standard InChI is InChI=1S/C20H32N.H2O/c1-21(16-10-3-2-4-11-17-21)18-20(14-8-9-15-20)19-12-6-5-7-13-19;/h5-7,12-13H,2-4,8-11,14-18H2,1H3;1H2/q+1;/p-1. The van der Waals surface area contributed by atoms with Crippen molar-refractivity contribution >= 4 is 0 Å². The van der Waals surface area contributed by atoms with Crippen molar-refractivity contribution < 1.29 is 9.96 Å². The fraction of sp³-hybridized carbons (Fsp3) is 0.700. The maximum atomic E-state index is 2.54. The third kappa shape index (κ3) is 3.91. The van der Waals surface area contributed by atoms with Crippen LogP contribution >= 0.6 is 0 Å². The molecule has 1 heterocycles. The van der Waals surface area contributed by atoms with E-state index in [0.717, 1.165) is 0 Å². The van der Waals surface area contributed by atoms with E-state index in [9.17, 15) is 0 Å². The molecule has 2 heteroatoms. The highest BCUT2D eigenvalue weighted by atomic mass is 16.0. The molecule has 0 radical (unpaired) electrons. The summed E-state index contributed by atoms with van der Waals surface area (Å²) in [7, 11) is 2.54. The molecule has 0 amide bonds. The monoisotopic (exact) mass is 303 g/mol. The van der Waals surface area contributed by atoms with Crippen molar-refractivity contribution in [1.29, 1.82) is 0 Å². The van der Waals surface area contributed by atoms with Gasteiger partial charge in [0.15, 0.2) is 0 Å². The van der Waals surface area contributed by atoms with Crippen molar-refractivity contribution in [3.8, 4) is 0 Å².